The summed E-state index contributed by atoms with van der Waals surface area (Å²) in [6, 6.07) is 12.6. The number of carbonyl (C=O) groups is 1. The lowest BCUT2D eigenvalue weighted by Crippen LogP contribution is -2.29. The molecule has 0 saturated heterocycles. The Labute approximate surface area is 133 Å². The van der Waals surface area contributed by atoms with E-state index in [1.54, 1.807) is 6.07 Å². The minimum atomic E-state index is -0.441. The normalized spacial score (nSPS) is 12.1. The maximum Gasteiger partial charge on any atom is 0.287 e. The molecule has 2 N–H and O–H groups in total. The maximum atomic E-state index is 12.5. The van der Waals surface area contributed by atoms with Gasteiger partial charge in [0.2, 0.25) is 0 Å². The fourth-order valence-electron chi connectivity index (χ4n) is 2.32. The minimum Gasteiger partial charge on any atom is -0.456 e. The summed E-state index contributed by atoms with van der Waals surface area (Å²) in [4.78, 5) is 16.8. The molecule has 0 aliphatic carbocycles. The number of amides is 1. The first kappa shape index (κ1) is 15.0. The predicted molar refractivity (Wildman–Crippen MR) is 85.0 cm³/mol. The Morgan fingerprint density at radius 1 is 1.26 bits per heavy atom. The molecule has 0 radical (unpaired) electrons. The lowest BCUT2D eigenvalue weighted by atomic mass is 10.1. The van der Waals surface area contributed by atoms with Crippen molar-refractivity contribution in [3.63, 3.8) is 0 Å². The number of carbonyl (C=O) groups excluding carboxylic acids is 1. The summed E-state index contributed by atoms with van der Waals surface area (Å²) in [5.74, 6) is 1.99. The van der Waals surface area contributed by atoms with Gasteiger partial charge in [0.25, 0.3) is 5.91 Å². The van der Waals surface area contributed by atoms with E-state index in [0.717, 1.165) is 17.7 Å². The second-order valence-corrected chi connectivity index (χ2v) is 5.22. The number of furan rings is 1. The van der Waals surface area contributed by atoms with Crippen molar-refractivity contribution in [2.45, 2.75) is 26.3 Å². The monoisotopic (exact) mass is 310 g/mol. The van der Waals surface area contributed by atoms with Gasteiger partial charge in [-0.25, -0.2) is 4.98 Å². The van der Waals surface area contributed by atoms with E-state index < -0.39 is 6.04 Å². The molecule has 6 nitrogen and oxygen atoms in total. The van der Waals surface area contributed by atoms with Crippen molar-refractivity contribution in [3.8, 4) is 0 Å². The summed E-state index contributed by atoms with van der Waals surface area (Å²) in [7, 11) is 0. The second-order valence-electron chi connectivity index (χ2n) is 5.22. The van der Waals surface area contributed by atoms with Crippen molar-refractivity contribution in [1.82, 2.24) is 20.5 Å². The third-order valence-corrected chi connectivity index (χ3v) is 3.51. The van der Waals surface area contributed by atoms with Gasteiger partial charge in [-0.1, -0.05) is 37.3 Å². The number of aromatic amines is 1. The van der Waals surface area contributed by atoms with E-state index in [1.807, 2.05) is 50.2 Å². The van der Waals surface area contributed by atoms with Gasteiger partial charge < -0.3 is 9.73 Å². The third kappa shape index (κ3) is 3.31. The van der Waals surface area contributed by atoms with Crippen LogP contribution in [0.3, 0.4) is 0 Å². The average molecular weight is 310 g/mol. The van der Waals surface area contributed by atoms with Gasteiger partial charge in [-0.2, -0.15) is 5.10 Å². The van der Waals surface area contributed by atoms with Crippen LogP contribution in [0.25, 0.3) is 0 Å². The van der Waals surface area contributed by atoms with Crippen LogP contribution < -0.4 is 5.32 Å². The van der Waals surface area contributed by atoms with Gasteiger partial charge in [0.15, 0.2) is 11.6 Å². The standard InChI is InChI=1S/C17H18N4O2/c1-3-13-9-10-14(23-13)17(22)19-15(12-7-5-4-6-8-12)16-18-11(2)20-21-16/h4-10,15H,3H2,1-2H3,(H,19,22)(H,18,20,21). The van der Waals surface area contributed by atoms with Crippen molar-refractivity contribution in [2.75, 3.05) is 0 Å². The molecule has 1 atom stereocenters. The summed E-state index contributed by atoms with van der Waals surface area (Å²) < 4.78 is 5.51. The van der Waals surface area contributed by atoms with Crippen LogP contribution in [-0.4, -0.2) is 21.1 Å². The number of aromatic nitrogens is 3. The van der Waals surface area contributed by atoms with Crippen LogP contribution in [-0.2, 0) is 6.42 Å². The molecule has 3 aromatic rings. The third-order valence-electron chi connectivity index (χ3n) is 3.51. The fraction of sp³-hybridized carbons (Fsp3) is 0.235. The van der Waals surface area contributed by atoms with Gasteiger partial charge in [-0.15, -0.1) is 0 Å². The average Bonchev–Trinajstić information content (AvgIpc) is 3.22. The molecule has 6 heteroatoms. The molecule has 1 unspecified atom stereocenters. The van der Waals surface area contributed by atoms with Crippen LogP contribution in [0, 0.1) is 6.92 Å². The number of benzene rings is 1. The first-order chi connectivity index (χ1) is 11.2. The lowest BCUT2D eigenvalue weighted by molar-refractivity contribution is 0.0912. The van der Waals surface area contributed by atoms with Crippen molar-refractivity contribution < 1.29 is 9.21 Å². The predicted octanol–water partition coefficient (Wildman–Crippen LogP) is 2.79. The van der Waals surface area contributed by atoms with Crippen molar-refractivity contribution in [2.24, 2.45) is 0 Å². The van der Waals surface area contributed by atoms with Crippen LogP contribution >= 0.6 is 0 Å². The highest BCUT2D eigenvalue weighted by molar-refractivity contribution is 5.92. The molecule has 0 aliphatic heterocycles. The summed E-state index contributed by atoms with van der Waals surface area (Å²) in [5.41, 5.74) is 0.905. The molecule has 118 valence electrons. The molecule has 0 saturated carbocycles. The summed E-state index contributed by atoms with van der Waals surface area (Å²) >= 11 is 0. The van der Waals surface area contributed by atoms with Crippen molar-refractivity contribution >= 4 is 5.91 Å². The molecule has 3 rings (SSSR count). The molecule has 2 aromatic heterocycles. The van der Waals surface area contributed by atoms with E-state index in [-0.39, 0.29) is 11.7 Å². The number of nitrogens with zero attached hydrogens (tertiary/aromatic N) is 2. The Morgan fingerprint density at radius 2 is 2.04 bits per heavy atom. The first-order valence-electron chi connectivity index (χ1n) is 7.50. The van der Waals surface area contributed by atoms with Crippen LogP contribution in [0.1, 0.15) is 46.5 Å². The number of nitrogens with one attached hydrogen (secondary N) is 2. The molecule has 1 amide bonds. The van der Waals surface area contributed by atoms with E-state index in [4.69, 9.17) is 4.42 Å². The highest BCUT2D eigenvalue weighted by Gasteiger charge is 2.22. The maximum absolute atomic E-state index is 12.5. The van der Waals surface area contributed by atoms with Crippen LogP contribution in [0.4, 0.5) is 0 Å². The summed E-state index contributed by atoms with van der Waals surface area (Å²) in [6.45, 7) is 3.80. The highest BCUT2D eigenvalue weighted by atomic mass is 16.3. The van der Waals surface area contributed by atoms with Crippen LogP contribution in [0.5, 0.6) is 0 Å². The van der Waals surface area contributed by atoms with E-state index in [0.29, 0.717) is 11.6 Å². The Balaban J connectivity index is 1.88. The van der Waals surface area contributed by atoms with E-state index in [9.17, 15) is 4.79 Å². The van der Waals surface area contributed by atoms with Gasteiger partial charge in [-0.05, 0) is 24.6 Å². The number of rotatable bonds is 5. The molecule has 0 bridgehead atoms. The zero-order chi connectivity index (χ0) is 16.2. The zero-order valence-corrected chi connectivity index (χ0v) is 13.0. The molecular weight excluding hydrogens is 292 g/mol. The molecule has 0 aliphatic rings. The Hall–Kier alpha value is -2.89. The van der Waals surface area contributed by atoms with E-state index in [2.05, 4.69) is 20.5 Å². The highest BCUT2D eigenvalue weighted by Crippen LogP contribution is 2.20. The SMILES string of the molecule is CCc1ccc(C(=O)NC(c2ccccc2)c2n[nH]c(C)n2)o1. The minimum absolute atomic E-state index is 0.287. The van der Waals surface area contributed by atoms with Gasteiger partial charge in [0, 0.05) is 6.42 Å². The summed E-state index contributed by atoms with van der Waals surface area (Å²) in [5, 5.41) is 9.93. The quantitative estimate of drug-likeness (QED) is 0.759. The zero-order valence-electron chi connectivity index (χ0n) is 13.0. The molecule has 1 aromatic carbocycles. The van der Waals surface area contributed by atoms with Gasteiger partial charge in [0.1, 0.15) is 17.6 Å². The molecule has 23 heavy (non-hydrogen) atoms. The van der Waals surface area contributed by atoms with Crippen molar-refractivity contribution in [1.29, 1.82) is 0 Å². The number of aryl methyl sites for hydroxylation is 2. The number of H-pyrrole nitrogens is 1. The number of hydrogen-bond acceptors (Lipinski definition) is 4. The topological polar surface area (TPSA) is 83.8 Å². The smallest absolute Gasteiger partial charge is 0.287 e. The Kier molecular flexibility index (Phi) is 4.23. The molecule has 0 spiro atoms. The van der Waals surface area contributed by atoms with Crippen molar-refractivity contribution in [3.05, 3.63) is 71.2 Å². The molecule has 0 fully saturated rings. The number of hydrogen-bond donors (Lipinski definition) is 2. The fourth-order valence-corrected chi connectivity index (χ4v) is 2.32. The van der Waals surface area contributed by atoms with Gasteiger partial charge >= 0.3 is 0 Å². The first-order valence-corrected chi connectivity index (χ1v) is 7.50. The van der Waals surface area contributed by atoms with Gasteiger partial charge in [-0.3, -0.25) is 9.89 Å². The summed E-state index contributed by atoms with van der Waals surface area (Å²) in [6.07, 6.45) is 0.746. The molecular formula is C17H18N4O2. The van der Waals surface area contributed by atoms with Crippen LogP contribution in [0.2, 0.25) is 0 Å². The Morgan fingerprint density at radius 3 is 2.65 bits per heavy atom. The van der Waals surface area contributed by atoms with Crippen LogP contribution in [0.15, 0.2) is 46.9 Å². The van der Waals surface area contributed by atoms with E-state index >= 15 is 0 Å². The lowest BCUT2D eigenvalue weighted by Gasteiger charge is -2.15. The Bertz CT molecular complexity index is 792. The van der Waals surface area contributed by atoms with Gasteiger partial charge in [0.05, 0.1) is 0 Å². The second kappa shape index (κ2) is 6.48. The molecule has 2 heterocycles. The largest absolute Gasteiger partial charge is 0.456 e. The van der Waals surface area contributed by atoms with E-state index in [1.165, 1.54) is 0 Å².